The molecule has 1 fully saturated rings. The molecule has 0 aliphatic carbocycles. The fraction of sp³-hybridized carbons (Fsp3) is 0.444. The van der Waals surface area contributed by atoms with E-state index in [0.717, 1.165) is 38.8 Å². The number of carbonyl (C=O) groups is 1. The van der Waals surface area contributed by atoms with Gasteiger partial charge in [0.1, 0.15) is 17.8 Å². The first kappa shape index (κ1) is 16.5. The predicted octanol–water partition coefficient (Wildman–Crippen LogP) is 3.80. The third-order valence-electron chi connectivity index (χ3n) is 4.07. The van der Waals surface area contributed by atoms with Crippen LogP contribution in [0.4, 0.5) is 4.39 Å². The lowest BCUT2D eigenvalue weighted by molar-refractivity contribution is 0.0736. The van der Waals surface area contributed by atoms with Crippen LogP contribution in [0, 0.1) is 5.82 Å². The van der Waals surface area contributed by atoms with Crippen LogP contribution in [0.15, 0.2) is 34.9 Å². The lowest BCUT2D eigenvalue weighted by atomic mass is 10.1. The molecule has 0 radical (unpaired) electrons. The molecule has 6 heteroatoms. The summed E-state index contributed by atoms with van der Waals surface area (Å²) in [4.78, 5) is 18.6. The van der Waals surface area contributed by atoms with Crippen molar-refractivity contribution in [2.75, 3.05) is 13.1 Å². The number of nitrogens with zero attached hydrogens (tertiary/aromatic N) is 2. The molecule has 1 aliphatic heterocycles. The van der Waals surface area contributed by atoms with Gasteiger partial charge in [0.05, 0.1) is 0 Å². The molecule has 1 aromatic carbocycles. The molecule has 0 saturated carbocycles. The molecule has 1 amide bonds. The standard InChI is InChI=1S/C18H21FN2O3/c19-14-7-6-8-15(11-14)23-13-17-20-16(12-24-17)18(22)21-9-4-2-1-3-5-10-21/h6-8,11-12H,1-5,9-10,13H2. The lowest BCUT2D eigenvalue weighted by Gasteiger charge is -2.23. The highest BCUT2D eigenvalue weighted by molar-refractivity contribution is 5.92. The van der Waals surface area contributed by atoms with Gasteiger partial charge in [0.15, 0.2) is 12.3 Å². The van der Waals surface area contributed by atoms with Crippen molar-refractivity contribution in [2.24, 2.45) is 0 Å². The zero-order valence-electron chi connectivity index (χ0n) is 13.5. The van der Waals surface area contributed by atoms with Gasteiger partial charge in [0.25, 0.3) is 5.91 Å². The number of hydrogen-bond donors (Lipinski definition) is 0. The van der Waals surface area contributed by atoms with Crippen molar-refractivity contribution in [3.63, 3.8) is 0 Å². The van der Waals surface area contributed by atoms with Gasteiger partial charge in [-0.1, -0.05) is 25.3 Å². The van der Waals surface area contributed by atoms with E-state index in [1.807, 2.05) is 4.90 Å². The van der Waals surface area contributed by atoms with E-state index in [1.165, 1.54) is 24.8 Å². The third-order valence-corrected chi connectivity index (χ3v) is 4.07. The lowest BCUT2D eigenvalue weighted by Crippen LogP contribution is -2.34. The van der Waals surface area contributed by atoms with E-state index in [2.05, 4.69) is 4.98 Å². The minimum Gasteiger partial charge on any atom is -0.484 e. The van der Waals surface area contributed by atoms with E-state index in [1.54, 1.807) is 12.1 Å². The number of ether oxygens (including phenoxy) is 1. The number of likely N-dealkylation sites (tertiary alicyclic amines) is 1. The second kappa shape index (κ2) is 7.95. The summed E-state index contributed by atoms with van der Waals surface area (Å²) in [7, 11) is 0. The molecule has 2 heterocycles. The van der Waals surface area contributed by atoms with E-state index in [9.17, 15) is 9.18 Å². The number of aromatic nitrogens is 1. The minimum absolute atomic E-state index is 0.0523. The molecule has 0 N–H and O–H groups in total. The summed E-state index contributed by atoms with van der Waals surface area (Å²) in [6.07, 6.45) is 6.99. The number of rotatable bonds is 4. The van der Waals surface area contributed by atoms with Gasteiger partial charge < -0.3 is 14.1 Å². The molecule has 0 spiro atoms. The van der Waals surface area contributed by atoms with E-state index >= 15 is 0 Å². The van der Waals surface area contributed by atoms with Crippen LogP contribution in [-0.2, 0) is 6.61 Å². The smallest absolute Gasteiger partial charge is 0.275 e. The molecule has 1 aliphatic rings. The molecule has 5 nitrogen and oxygen atoms in total. The molecule has 1 aromatic heterocycles. The monoisotopic (exact) mass is 332 g/mol. The predicted molar refractivity (Wildman–Crippen MR) is 86.2 cm³/mol. The van der Waals surface area contributed by atoms with Gasteiger partial charge in [-0.15, -0.1) is 0 Å². The highest BCUT2D eigenvalue weighted by atomic mass is 19.1. The summed E-state index contributed by atoms with van der Waals surface area (Å²) in [5.41, 5.74) is 0.299. The van der Waals surface area contributed by atoms with Crippen molar-refractivity contribution in [3.8, 4) is 5.75 Å². The molecular weight excluding hydrogens is 311 g/mol. The second-order valence-corrected chi connectivity index (χ2v) is 5.93. The Hall–Kier alpha value is -2.37. The van der Waals surface area contributed by atoms with Crippen LogP contribution < -0.4 is 4.74 Å². The van der Waals surface area contributed by atoms with Gasteiger partial charge in [-0.25, -0.2) is 9.37 Å². The van der Waals surface area contributed by atoms with Crippen LogP contribution in [0.5, 0.6) is 5.75 Å². The topological polar surface area (TPSA) is 55.6 Å². The van der Waals surface area contributed by atoms with Gasteiger partial charge >= 0.3 is 0 Å². The van der Waals surface area contributed by atoms with Crippen LogP contribution in [0.1, 0.15) is 48.5 Å². The number of benzene rings is 1. The number of halogens is 1. The Labute approximate surface area is 140 Å². The van der Waals surface area contributed by atoms with Crippen molar-refractivity contribution >= 4 is 5.91 Å². The number of carbonyl (C=O) groups excluding carboxylic acids is 1. The van der Waals surface area contributed by atoms with E-state index in [-0.39, 0.29) is 18.3 Å². The summed E-state index contributed by atoms with van der Waals surface area (Å²) in [6, 6.07) is 5.85. The van der Waals surface area contributed by atoms with Crippen molar-refractivity contribution in [2.45, 2.75) is 38.7 Å². The molecule has 2 aromatic rings. The summed E-state index contributed by atoms with van der Waals surface area (Å²) < 4.78 is 23.8. The Bertz CT molecular complexity index is 678. The van der Waals surface area contributed by atoms with Crippen LogP contribution in [0.3, 0.4) is 0 Å². The Balaban J connectivity index is 1.58. The summed E-state index contributed by atoms with van der Waals surface area (Å²) in [5, 5.41) is 0. The van der Waals surface area contributed by atoms with E-state index < -0.39 is 0 Å². The Morgan fingerprint density at radius 1 is 1.21 bits per heavy atom. The van der Waals surface area contributed by atoms with Crippen molar-refractivity contribution in [1.29, 1.82) is 0 Å². The molecular formula is C18H21FN2O3. The van der Waals surface area contributed by atoms with Crippen LogP contribution >= 0.6 is 0 Å². The summed E-state index contributed by atoms with van der Waals surface area (Å²) >= 11 is 0. The Kier molecular flexibility index (Phi) is 5.46. The Morgan fingerprint density at radius 2 is 1.96 bits per heavy atom. The fourth-order valence-electron chi connectivity index (χ4n) is 2.79. The third kappa shape index (κ3) is 4.34. The van der Waals surface area contributed by atoms with Crippen molar-refractivity contribution in [3.05, 3.63) is 47.9 Å². The van der Waals surface area contributed by atoms with Crippen LogP contribution in [0.2, 0.25) is 0 Å². The molecule has 24 heavy (non-hydrogen) atoms. The molecule has 0 unspecified atom stereocenters. The Morgan fingerprint density at radius 3 is 2.71 bits per heavy atom. The minimum atomic E-state index is -0.368. The van der Waals surface area contributed by atoms with E-state index in [0.29, 0.717) is 17.3 Å². The highest BCUT2D eigenvalue weighted by Gasteiger charge is 2.20. The normalized spacial score (nSPS) is 15.6. The largest absolute Gasteiger partial charge is 0.484 e. The zero-order valence-corrected chi connectivity index (χ0v) is 13.5. The van der Waals surface area contributed by atoms with Gasteiger partial charge in [0.2, 0.25) is 5.89 Å². The van der Waals surface area contributed by atoms with Crippen molar-refractivity contribution in [1.82, 2.24) is 9.88 Å². The molecule has 0 bridgehead atoms. The van der Waals surface area contributed by atoms with E-state index in [4.69, 9.17) is 9.15 Å². The molecule has 128 valence electrons. The highest BCUT2D eigenvalue weighted by Crippen LogP contribution is 2.16. The molecule has 1 saturated heterocycles. The van der Waals surface area contributed by atoms with Gasteiger partial charge in [-0.05, 0) is 25.0 Å². The average molecular weight is 332 g/mol. The maximum atomic E-state index is 13.1. The van der Waals surface area contributed by atoms with Crippen molar-refractivity contribution < 1.29 is 18.3 Å². The summed E-state index contributed by atoms with van der Waals surface area (Å²) in [5.74, 6) is 0.227. The first-order chi connectivity index (χ1) is 11.7. The molecule has 3 rings (SSSR count). The van der Waals surface area contributed by atoms with Crippen LogP contribution in [0.25, 0.3) is 0 Å². The maximum absolute atomic E-state index is 13.1. The average Bonchev–Trinajstić information content (AvgIpc) is 3.01. The number of oxazole rings is 1. The maximum Gasteiger partial charge on any atom is 0.275 e. The SMILES string of the molecule is O=C(c1coc(COc2cccc(F)c2)n1)N1CCCCCCC1. The van der Waals surface area contributed by atoms with Crippen LogP contribution in [-0.4, -0.2) is 28.9 Å². The fourth-order valence-corrected chi connectivity index (χ4v) is 2.79. The molecule has 0 atom stereocenters. The van der Waals surface area contributed by atoms with Gasteiger partial charge in [0, 0.05) is 19.2 Å². The van der Waals surface area contributed by atoms with Gasteiger partial charge in [-0.3, -0.25) is 4.79 Å². The quantitative estimate of drug-likeness (QED) is 0.854. The second-order valence-electron chi connectivity index (χ2n) is 5.93. The zero-order chi connectivity index (χ0) is 16.8. The van der Waals surface area contributed by atoms with Gasteiger partial charge in [-0.2, -0.15) is 0 Å². The number of amides is 1. The first-order valence-corrected chi connectivity index (χ1v) is 8.34. The first-order valence-electron chi connectivity index (χ1n) is 8.34. The number of hydrogen-bond acceptors (Lipinski definition) is 4. The summed E-state index contributed by atoms with van der Waals surface area (Å²) in [6.45, 7) is 1.58.